The summed E-state index contributed by atoms with van der Waals surface area (Å²) in [4.78, 5) is 44.3. The lowest BCUT2D eigenvalue weighted by Gasteiger charge is -2.32. The van der Waals surface area contributed by atoms with Gasteiger partial charge in [0.05, 0.1) is 11.1 Å². The Balaban J connectivity index is 1.36. The predicted molar refractivity (Wildman–Crippen MR) is 141 cm³/mol. The predicted octanol–water partition coefficient (Wildman–Crippen LogP) is 3.93. The van der Waals surface area contributed by atoms with Crippen LogP contribution in [-0.2, 0) is 25.2 Å². The standard InChI is InChI=1S/C28H37N5O5/c1-16-5-7-17(8-6-16)22(32-24(34)18-15-38-33-23(18)27(2,3)4)25(35)31-21-13-20-19(14-29-21)28(26(36)30-20)9-11-37-12-10-28/h13-17,22H,5-12H2,1-4H3,(H,30,36)(H,32,34)(H,29,31,35)/t16-,17-,22-/m0/s1. The van der Waals surface area contributed by atoms with Gasteiger partial charge in [-0.1, -0.05) is 45.7 Å². The zero-order valence-corrected chi connectivity index (χ0v) is 22.6. The third kappa shape index (κ3) is 4.93. The smallest absolute Gasteiger partial charge is 0.257 e. The van der Waals surface area contributed by atoms with Crippen molar-refractivity contribution in [1.82, 2.24) is 15.5 Å². The molecular weight excluding hydrogens is 486 g/mol. The minimum absolute atomic E-state index is 0.00673. The van der Waals surface area contributed by atoms with E-state index in [1.807, 2.05) is 20.8 Å². The second-order valence-electron chi connectivity index (χ2n) is 12.1. The quantitative estimate of drug-likeness (QED) is 0.540. The van der Waals surface area contributed by atoms with Gasteiger partial charge in [0.1, 0.15) is 29.4 Å². The molecule has 1 spiro atoms. The first-order chi connectivity index (χ1) is 18.1. The van der Waals surface area contributed by atoms with Crippen LogP contribution in [0.2, 0.25) is 0 Å². The van der Waals surface area contributed by atoms with E-state index in [9.17, 15) is 14.4 Å². The van der Waals surface area contributed by atoms with Crippen LogP contribution in [0, 0.1) is 11.8 Å². The lowest BCUT2D eigenvalue weighted by Crippen LogP contribution is -2.49. The maximum Gasteiger partial charge on any atom is 0.257 e. The van der Waals surface area contributed by atoms with E-state index in [4.69, 9.17) is 9.26 Å². The number of carbonyl (C=O) groups is 3. The minimum Gasteiger partial charge on any atom is -0.381 e. The molecule has 0 unspecified atom stereocenters. The number of ether oxygens (including phenoxy) is 1. The summed E-state index contributed by atoms with van der Waals surface area (Å²) in [7, 11) is 0. The monoisotopic (exact) mass is 523 g/mol. The van der Waals surface area contributed by atoms with E-state index < -0.39 is 16.9 Å². The van der Waals surface area contributed by atoms with Gasteiger partial charge in [0.25, 0.3) is 5.91 Å². The molecule has 0 aromatic carbocycles. The SMILES string of the molecule is CC(C)(C)c1nocc1C(=O)N[C@H](C(=O)Nc1cc2c(cn1)C1(CCOCC1)C(=O)N2)[C@H]1CC[C@H](C)CC1. The highest BCUT2D eigenvalue weighted by Gasteiger charge is 2.48. The van der Waals surface area contributed by atoms with Crippen LogP contribution < -0.4 is 16.0 Å². The van der Waals surface area contributed by atoms with Gasteiger partial charge in [-0.15, -0.1) is 0 Å². The van der Waals surface area contributed by atoms with E-state index in [1.54, 1.807) is 12.3 Å². The maximum absolute atomic E-state index is 13.6. The zero-order valence-electron chi connectivity index (χ0n) is 22.6. The van der Waals surface area contributed by atoms with Crippen LogP contribution in [0.4, 0.5) is 11.5 Å². The van der Waals surface area contributed by atoms with Gasteiger partial charge in [-0.3, -0.25) is 14.4 Å². The van der Waals surface area contributed by atoms with Crippen molar-refractivity contribution < 1.29 is 23.6 Å². The molecule has 1 aliphatic carbocycles. The number of nitrogens with one attached hydrogen (secondary N) is 3. The number of hydrogen-bond acceptors (Lipinski definition) is 7. The Morgan fingerprint density at radius 1 is 1.16 bits per heavy atom. The minimum atomic E-state index is -0.746. The highest BCUT2D eigenvalue weighted by Crippen LogP contribution is 2.44. The summed E-state index contributed by atoms with van der Waals surface area (Å²) < 4.78 is 10.6. The second-order valence-corrected chi connectivity index (χ2v) is 12.1. The lowest BCUT2D eigenvalue weighted by molar-refractivity contribution is -0.124. The molecule has 1 saturated heterocycles. The molecule has 2 fully saturated rings. The Hall–Kier alpha value is -3.27. The van der Waals surface area contributed by atoms with E-state index in [2.05, 4.69) is 33.0 Å². The largest absolute Gasteiger partial charge is 0.381 e. The van der Waals surface area contributed by atoms with Crippen LogP contribution in [0.5, 0.6) is 0 Å². The molecule has 0 bridgehead atoms. The average Bonchev–Trinajstić information content (AvgIpc) is 3.48. The third-order valence-corrected chi connectivity index (χ3v) is 8.33. The molecule has 0 radical (unpaired) electrons. The number of carbonyl (C=O) groups excluding carboxylic acids is 3. The van der Waals surface area contributed by atoms with E-state index in [0.717, 1.165) is 31.2 Å². The molecule has 1 saturated carbocycles. The number of fused-ring (bicyclic) bond motifs is 2. The first-order valence-electron chi connectivity index (χ1n) is 13.5. The van der Waals surface area contributed by atoms with Crippen LogP contribution in [0.1, 0.15) is 87.8 Å². The summed E-state index contributed by atoms with van der Waals surface area (Å²) in [5, 5.41) is 12.9. The van der Waals surface area contributed by atoms with Crippen molar-refractivity contribution in [1.29, 1.82) is 0 Å². The Morgan fingerprint density at radius 2 is 1.87 bits per heavy atom. The molecule has 10 nitrogen and oxygen atoms in total. The fraction of sp³-hybridized carbons (Fsp3) is 0.607. The van der Waals surface area contributed by atoms with Gasteiger partial charge in [0.15, 0.2) is 0 Å². The molecule has 3 amide bonds. The van der Waals surface area contributed by atoms with Crippen molar-refractivity contribution in [2.24, 2.45) is 11.8 Å². The van der Waals surface area contributed by atoms with Crippen LogP contribution in [0.25, 0.3) is 0 Å². The maximum atomic E-state index is 13.6. The summed E-state index contributed by atoms with van der Waals surface area (Å²) in [5.74, 6) is 0.158. The van der Waals surface area contributed by atoms with E-state index in [0.29, 0.717) is 54.7 Å². The highest BCUT2D eigenvalue weighted by atomic mass is 16.5. The van der Waals surface area contributed by atoms with E-state index in [1.165, 1.54) is 6.26 Å². The first-order valence-corrected chi connectivity index (χ1v) is 13.5. The average molecular weight is 524 g/mol. The van der Waals surface area contributed by atoms with Gasteiger partial charge in [0, 0.05) is 36.5 Å². The van der Waals surface area contributed by atoms with E-state index in [-0.39, 0.29) is 23.6 Å². The van der Waals surface area contributed by atoms with Gasteiger partial charge in [-0.05, 0) is 37.5 Å². The van der Waals surface area contributed by atoms with Crippen LogP contribution in [0.15, 0.2) is 23.0 Å². The summed E-state index contributed by atoms with van der Waals surface area (Å²) in [5.41, 5.74) is 1.37. The molecule has 4 heterocycles. The molecule has 3 aliphatic rings. The molecule has 38 heavy (non-hydrogen) atoms. The summed E-state index contributed by atoms with van der Waals surface area (Å²) in [6, 6.07) is 0.957. The second kappa shape index (κ2) is 10.1. The molecular formula is C28H37N5O5. The van der Waals surface area contributed by atoms with Gasteiger partial charge in [-0.2, -0.15) is 0 Å². The molecule has 204 valence electrons. The van der Waals surface area contributed by atoms with Gasteiger partial charge < -0.3 is 25.2 Å². The number of aromatic nitrogens is 2. The molecule has 10 heteroatoms. The number of anilines is 2. The van der Waals surface area contributed by atoms with Crippen molar-refractivity contribution >= 4 is 29.2 Å². The first kappa shape index (κ1) is 26.3. The molecule has 1 atom stereocenters. The third-order valence-electron chi connectivity index (χ3n) is 8.33. The van der Waals surface area contributed by atoms with Gasteiger partial charge in [0.2, 0.25) is 11.8 Å². The Kier molecular flexibility index (Phi) is 7.02. The Bertz CT molecular complexity index is 1220. The van der Waals surface area contributed by atoms with Crippen molar-refractivity contribution in [3.63, 3.8) is 0 Å². The van der Waals surface area contributed by atoms with Crippen molar-refractivity contribution in [2.75, 3.05) is 23.8 Å². The number of pyridine rings is 1. The molecule has 2 aliphatic heterocycles. The van der Waals surface area contributed by atoms with Gasteiger partial charge in [-0.25, -0.2) is 4.98 Å². The van der Waals surface area contributed by atoms with Crippen LogP contribution in [-0.4, -0.2) is 47.1 Å². The van der Waals surface area contributed by atoms with E-state index >= 15 is 0 Å². The fourth-order valence-corrected chi connectivity index (χ4v) is 5.97. The molecule has 2 aromatic rings. The van der Waals surface area contributed by atoms with Crippen molar-refractivity contribution in [2.45, 2.75) is 83.1 Å². The summed E-state index contributed by atoms with van der Waals surface area (Å²) in [6.45, 7) is 9.13. The molecule has 3 N–H and O–H groups in total. The highest BCUT2D eigenvalue weighted by molar-refractivity contribution is 6.07. The van der Waals surface area contributed by atoms with Crippen molar-refractivity contribution in [3.05, 3.63) is 35.3 Å². The topological polar surface area (TPSA) is 135 Å². The van der Waals surface area contributed by atoms with Crippen molar-refractivity contribution in [3.8, 4) is 0 Å². The Labute approximate surface area is 222 Å². The number of amides is 3. The zero-order chi connectivity index (χ0) is 27.1. The molecule has 2 aromatic heterocycles. The summed E-state index contributed by atoms with van der Waals surface area (Å²) in [6.07, 6.45) is 7.90. The summed E-state index contributed by atoms with van der Waals surface area (Å²) >= 11 is 0. The van der Waals surface area contributed by atoms with Crippen LogP contribution in [0.3, 0.4) is 0 Å². The van der Waals surface area contributed by atoms with Gasteiger partial charge >= 0.3 is 0 Å². The number of nitrogens with zero attached hydrogens (tertiary/aromatic N) is 2. The van der Waals surface area contributed by atoms with Crippen LogP contribution >= 0.6 is 0 Å². The normalized spacial score (nSPS) is 23.4. The molecule has 5 rings (SSSR count). The number of rotatable bonds is 5. The number of hydrogen-bond donors (Lipinski definition) is 3. The Morgan fingerprint density at radius 3 is 2.55 bits per heavy atom. The lowest BCUT2D eigenvalue weighted by atomic mass is 9.76. The fourth-order valence-electron chi connectivity index (χ4n) is 5.97.